The molecule has 0 fully saturated rings. The number of likely N-dealkylation sites (N-methyl/N-ethyl adjacent to an activating group) is 2. The van der Waals surface area contributed by atoms with E-state index >= 15 is 0 Å². The molecule has 0 saturated carbocycles. The molecule has 112 valence electrons. The first kappa shape index (κ1) is 14.2. The molecule has 0 bridgehead atoms. The van der Waals surface area contributed by atoms with Crippen molar-refractivity contribution in [1.82, 2.24) is 19.9 Å². The quantitative estimate of drug-likeness (QED) is 0.859. The molecular weight excluding hydrogens is 264 g/mol. The van der Waals surface area contributed by atoms with Gasteiger partial charge in [0.2, 0.25) is 5.89 Å². The minimum absolute atomic E-state index is 0.181. The zero-order valence-electron chi connectivity index (χ0n) is 12.9. The molecule has 1 aliphatic heterocycles. The average molecular weight is 286 g/mol. The predicted octanol–water partition coefficient (Wildman–Crippen LogP) is 1.90. The summed E-state index contributed by atoms with van der Waals surface area (Å²) in [4.78, 5) is 8.99. The van der Waals surface area contributed by atoms with Crippen LogP contribution in [0.5, 0.6) is 0 Å². The fourth-order valence-corrected chi connectivity index (χ4v) is 2.76. The van der Waals surface area contributed by atoms with Crippen LogP contribution in [0, 0.1) is 0 Å². The van der Waals surface area contributed by atoms with Crippen molar-refractivity contribution in [3.8, 4) is 0 Å². The lowest BCUT2D eigenvalue weighted by Gasteiger charge is -2.31. The second-order valence-electron chi connectivity index (χ2n) is 6.01. The van der Waals surface area contributed by atoms with Crippen LogP contribution in [0.2, 0.25) is 0 Å². The highest BCUT2D eigenvalue weighted by molar-refractivity contribution is 5.30. The Hall–Kier alpha value is -1.72. The van der Waals surface area contributed by atoms with Gasteiger partial charge in [-0.25, -0.2) is 0 Å². The summed E-state index contributed by atoms with van der Waals surface area (Å²) in [6, 6.07) is 8.76. The number of benzene rings is 1. The second-order valence-corrected chi connectivity index (χ2v) is 6.01. The van der Waals surface area contributed by atoms with Gasteiger partial charge in [-0.15, -0.1) is 0 Å². The third-order valence-electron chi connectivity index (χ3n) is 4.03. The summed E-state index contributed by atoms with van der Waals surface area (Å²) < 4.78 is 5.50. The van der Waals surface area contributed by atoms with Crippen LogP contribution in [0.4, 0.5) is 0 Å². The van der Waals surface area contributed by atoms with E-state index in [1.165, 1.54) is 11.1 Å². The SMILES string of the molecule is CN(C)CCc1noc([C@@H]2Cc3ccccc3CN2C)n1. The highest BCUT2D eigenvalue weighted by Crippen LogP contribution is 2.30. The number of aromatic nitrogens is 2. The van der Waals surface area contributed by atoms with E-state index < -0.39 is 0 Å². The number of nitrogens with zero attached hydrogens (tertiary/aromatic N) is 4. The van der Waals surface area contributed by atoms with Crippen LogP contribution in [0.25, 0.3) is 0 Å². The summed E-state index contributed by atoms with van der Waals surface area (Å²) in [5, 5.41) is 4.11. The van der Waals surface area contributed by atoms with Gasteiger partial charge in [0.1, 0.15) is 0 Å². The van der Waals surface area contributed by atoms with Gasteiger partial charge in [0, 0.05) is 19.5 Å². The minimum Gasteiger partial charge on any atom is -0.338 e. The summed E-state index contributed by atoms with van der Waals surface area (Å²) in [6.45, 7) is 1.86. The number of rotatable bonds is 4. The lowest BCUT2D eigenvalue weighted by Crippen LogP contribution is -2.31. The maximum absolute atomic E-state index is 5.50. The third kappa shape index (κ3) is 3.14. The maximum atomic E-state index is 5.50. The van der Waals surface area contributed by atoms with Gasteiger partial charge in [0.15, 0.2) is 5.82 Å². The highest BCUT2D eigenvalue weighted by atomic mass is 16.5. The predicted molar refractivity (Wildman–Crippen MR) is 80.9 cm³/mol. The van der Waals surface area contributed by atoms with E-state index in [1.807, 2.05) is 14.1 Å². The van der Waals surface area contributed by atoms with Gasteiger partial charge in [-0.05, 0) is 38.7 Å². The zero-order valence-corrected chi connectivity index (χ0v) is 12.9. The van der Waals surface area contributed by atoms with Gasteiger partial charge in [0.05, 0.1) is 6.04 Å². The van der Waals surface area contributed by atoms with E-state index in [0.717, 1.165) is 37.6 Å². The Balaban J connectivity index is 1.75. The Morgan fingerprint density at radius 3 is 2.81 bits per heavy atom. The van der Waals surface area contributed by atoms with Gasteiger partial charge in [-0.3, -0.25) is 4.90 Å². The van der Waals surface area contributed by atoms with Gasteiger partial charge in [-0.2, -0.15) is 4.98 Å². The van der Waals surface area contributed by atoms with Crippen molar-refractivity contribution in [2.75, 3.05) is 27.7 Å². The Morgan fingerprint density at radius 2 is 2.05 bits per heavy atom. The Labute approximate surface area is 125 Å². The summed E-state index contributed by atoms with van der Waals surface area (Å²) >= 11 is 0. The molecule has 0 spiro atoms. The van der Waals surface area contributed by atoms with Crippen LogP contribution >= 0.6 is 0 Å². The molecule has 0 aliphatic carbocycles. The number of hydrogen-bond donors (Lipinski definition) is 0. The molecule has 1 aromatic heterocycles. The smallest absolute Gasteiger partial charge is 0.244 e. The van der Waals surface area contributed by atoms with E-state index in [2.05, 4.69) is 51.3 Å². The number of fused-ring (bicyclic) bond motifs is 1. The lowest BCUT2D eigenvalue weighted by molar-refractivity contribution is 0.173. The van der Waals surface area contributed by atoms with Crippen molar-refractivity contribution >= 4 is 0 Å². The van der Waals surface area contributed by atoms with Gasteiger partial charge in [-0.1, -0.05) is 29.4 Å². The summed E-state index contributed by atoms with van der Waals surface area (Å²) in [7, 11) is 6.21. The van der Waals surface area contributed by atoms with Gasteiger partial charge < -0.3 is 9.42 Å². The van der Waals surface area contributed by atoms with Gasteiger partial charge in [0.25, 0.3) is 0 Å². The molecule has 5 heteroatoms. The van der Waals surface area contributed by atoms with Gasteiger partial charge >= 0.3 is 0 Å². The molecule has 0 radical (unpaired) electrons. The first-order valence-corrected chi connectivity index (χ1v) is 7.37. The van der Waals surface area contributed by atoms with Crippen LogP contribution in [0.1, 0.15) is 28.9 Å². The van der Waals surface area contributed by atoms with Crippen molar-refractivity contribution < 1.29 is 4.52 Å². The Bertz CT molecular complexity index is 608. The molecule has 3 rings (SSSR count). The lowest BCUT2D eigenvalue weighted by atomic mass is 9.94. The fraction of sp³-hybridized carbons (Fsp3) is 0.500. The first-order chi connectivity index (χ1) is 10.1. The molecule has 5 nitrogen and oxygen atoms in total. The van der Waals surface area contributed by atoms with Crippen molar-refractivity contribution in [1.29, 1.82) is 0 Å². The average Bonchev–Trinajstić information content (AvgIpc) is 2.93. The summed E-state index contributed by atoms with van der Waals surface area (Å²) in [5.74, 6) is 1.53. The zero-order chi connectivity index (χ0) is 14.8. The minimum atomic E-state index is 0.181. The van der Waals surface area contributed by atoms with Crippen molar-refractivity contribution in [3.05, 3.63) is 47.1 Å². The van der Waals surface area contributed by atoms with E-state index in [-0.39, 0.29) is 6.04 Å². The molecule has 2 aromatic rings. The Morgan fingerprint density at radius 1 is 1.29 bits per heavy atom. The molecule has 1 atom stereocenters. The van der Waals surface area contributed by atoms with E-state index in [1.54, 1.807) is 0 Å². The second kappa shape index (κ2) is 5.95. The van der Waals surface area contributed by atoms with E-state index in [0.29, 0.717) is 0 Å². The number of hydrogen-bond acceptors (Lipinski definition) is 5. The normalized spacial score (nSPS) is 19.0. The van der Waals surface area contributed by atoms with Crippen LogP contribution < -0.4 is 0 Å². The summed E-state index contributed by atoms with van der Waals surface area (Å²) in [5.41, 5.74) is 2.78. The largest absolute Gasteiger partial charge is 0.338 e. The molecule has 0 amide bonds. The van der Waals surface area contributed by atoms with Crippen LogP contribution in [-0.2, 0) is 19.4 Å². The van der Waals surface area contributed by atoms with Crippen LogP contribution in [0.15, 0.2) is 28.8 Å². The summed E-state index contributed by atoms with van der Waals surface area (Å²) in [6.07, 6.45) is 1.76. The first-order valence-electron chi connectivity index (χ1n) is 7.37. The molecule has 21 heavy (non-hydrogen) atoms. The molecule has 0 N–H and O–H groups in total. The molecule has 1 aromatic carbocycles. The van der Waals surface area contributed by atoms with Crippen molar-refractivity contribution in [2.45, 2.75) is 25.4 Å². The third-order valence-corrected chi connectivity index (χ3v) is 4.03. The van der Waals surface area contributed by atoms with E-state index in [9.17, 15) is 0 Å². The molecular formula is C16H22N4O. The Kier molecular flexibility index (Phi) is 4.03. The van der Waals surface area contributed by atoms with Crippen molar-refractivity contribution in [3.63, 3.8) is 0 Å². The molecule has 1 aliphatic rings. The topological polar surface area (TPSA) is 45.4 Å². The monoisotopic (exact) mass is 286 g/mol. The standard InChI is InChI=1S/C16H22N4O/c1-19(2)9-8-15-17-16(21-18-15)14-10-12-6-4-5-7-13(12)11-20(14)3/h4-7,14H,8-11H2,1-3H3/t14-/m0/s1. The van der Waals surface area contributed by atoms with Crippen molar-refractivity contribution in [2.24, 2.45) is 0 Å². The molecule has 2 heterocycles. The van der Waals surface area contributed by atoms with Crippen LogP contribution in [0.3, 0.4) is 0 Å². The molecule has 0 unspecified atom stereocenters. The fourth-order valence-electron chi connectivity index (χ4n) is 2.76. The maximum Gasteiger partial charge on any atom is 0.244 e. The molecule has 0 saturated heterocycles. The van der Waals surface area contributed by atoms with E-state index in [4.69, 9.17) is 4.52 Å². The van der Waals surface area contributed by atoms with Crippen LogP contribution in [-0.4, -0.2) is 47.6 Å². The highest BCUT2D eigenvalue weighted by Gasteiger charge is 2.28.